The highest BCUT2D eigenvalue weighted by molar-refractivity contribution is 6.33. The van der Waals surface area contributed by atoms with Crippen molar-refractivity contribution in [2.45, 2.75) is 6.92 Å². The number of anilines is 1. The molecule has 0 radical (unpaired) electrons. The summed E-state index contributed by atoms with van der Waals surface area (Å²) in [4.78, 5) is 0. The summed E-state index contributed by atoms with van der Waals surface area (Å²) in [5.74, 6) is 0. The number of hydrogen-bond acceptors (Lipinski definition) is 1. The van der Waals surface area contributed by atoms with E-state index in [0.717, 1.165) is 11.3 Å². The first-order valence-electron chi connectivity index (χ1n) is 3.80. The minimum Gasteiger partial charge on any atom is -0.381 e. The molecule has 0 saturated carbocycles. The van der Waals surface area contributed by atoms with E-state index in [1.54, 1.807) is 0 Å². The zero-order valence-corrected chi connectivity index (χ0v) is 7.66. The Morgan fingerprint density at radius 1 is 1.50 bits per heavy atom. The molecule has 1 aromatic rings. The second kappa shape index (κ2) is 4.31. The van der Waals surface area contributed by atoms with Crippen LogP contribution in [0.1, 0.15) is 5.56 Å². The number of hydrogen-bond donors (Lipinski definition) is 1. The standard InChI is InChI=1S/C9H11ClFN/c1-7-2-3-9(8(10)6-7)12-5-4-11/h2-3,6,12H,4-5H2,1H3. The molecular formula is C9H11ClFN. The van der Waals surface area contributed by atoms with Crippen molar-refractivity contribution in [1.29, 1.82) is 0 Å². The van der Waals surface area contributed by atoms with Crippen molar-refractivity contribution >= 4 is 17.3 Å². The maximum absolute atomic E-state index is 11.8. The van der Waals surface area contributed by atoms with Crippen LogP contribution in [0.3, 0.4) is 0 Å². The van der Waals surface area contributed by atoms with Gasteiger partial charge < -0.3 is 5.32 Å². The van der Waals surface area contributed by atoms with Gasteiger partial charge in [0.2, 0.25) is 0 Å². The monoisotopic (exact) mass is 187 g/mol. The van der Waals surface area contributed by atoms with E-state index < -0.39 is 0 Å². The number of nitrogens with one attached hydrogen (secondary N) is 1. The van der Waals surface area contributed by atoms with Crippen LogP contribution >= 0.6 is 11.6 Å². The third kappa shape index (κ3) is 2.38. The fourth-order valence-corrected chi connectivity index (χ4v) is 1.25. The zero-order chi connectivity index (χ0) is 8.97. The Balaban J connectivity index is 2.72. The van der Waals surface area contributed by atoms with Gasteiger partial charge in [0.15, 0.2) is 0 Å². The van der Waals surface area contributed by atoms with Gasteiger partial charge in [-0.1, -0.05) is 17.7 Å². The van der Waals surface area contributed by atoms with E-state index in [-0.39, 0.29) is 6.67 Å². The van der Waals surface area contributed by atoms with E-state index in [2.05, 4.69) is 5.32 Å². The Hall–Kier alpha value is -0.760. The summed E-state index contributed by atoms with van der Waals surface area (Å²) in [7, 11) is 0. The molecule has 1 N–H and O–H groups in total. The van der Waals surface area contributed by atoms with Crippen molar-refractivity contribution in [1.82, 2.24) is 0 Å². The third-order valence-electron chi connectivity index (χ3n) is 1.53. The van der Waals surface area contributed by atoms with Crippen LogP contribution in [0.4, 0.5) is 10.1 Å². The van der Waals surface area contributed by atoms with Gasteiger partial charge in [-0.15, -0.1) is 0 Å². The molecule has 1 rings (SSSR count). The lowest BCUT2D eigenvalue weighted by Gasteiger charge is -2.06. The number of rotatable bonds is 3. The number of alkyl halides is 1. The summed E-state index contributed by atoms with van der Waals surface area (Å²) < 4.78 is 11.8. The van der Waals surface area contributed by atoms with E-state index in [0.29, 0.717) is 11.6 Å². The lowest BCUT2D eigenvalue weighted by Crippen LogP contribution is -2.03. The summed E-state index contributed by atoms with van der Waals surface area (Å²) in [6, 6.07) is 5.64. The second-order valence-corrected chi connectivity index (χ2v) is 3.01. The highest BCUT2D eigenvalue weighted by Crippen LogP contribution is 2.22. The van der Waals surface area contributed by atoms with Crippen molar-refractivity contribution < 1.29 is 4.39 Å². The van der Waals surface area contributed by atoms with Crippen LogP contribution in [0.25, 0.3) is 0 Å². The van der Waals surface area contributed by atoms with Gasteiger partial charge in [-0.2, -0.15) is 0 Å². The predicted octanol–water partition coefficient (Wildman–Crippen LogP) is 3.03. The normalized spacial score (nSPS) is 9.92. The summed E-state index contributed by atoms with van der Waals surface area (Å²) >= 11 is 5.88. The summed E-state index contributed by atoms with van der Waals surface area (Å²) in [5, 5.41) is 3.52. The lowest BCUT2D eigenvalue weighted by atomic mass is 10.2. The molecular weight excluding hydrogens is 177 g/mol. The van der Waals surface area contributed by atoms with E-state index >= 15 is 0 Å². The average Bonchev–Trinajstić information content (AvgIpc) is 2.03. The summed E-state index contributed by atoms with van der Waals surface area (Å²) in [6.45, 7) is 1.89. The Morgan fingerprint density at radius 2 is 2.25 bits per heavy atom. The second-order valence-electron chi connectivity index (χ2n) is 2.60. The molecule has 1 aromatic carbocycles. The molecule has 1 nitrogen and oxygen atoms in total. The summed E-state index contributed by atoms with van der Waals surface area (Å²) in [5.41, 5.74) is 1.89. The third-order valence-corrected chi connectivity index (χ3v) is 1.85. The van der Waals surface area contributed by atoms with E-state index in [4.69, 9.17) is 11.6 Å². The molecule has 3 heteroatoms. The molecule has 0 aliphatic carbocycles. The topological polar surface area (TPSA) is 12.0 Å². The maximum Gasteiger partial charge on any atom is 0.107 e. The molecule has 0 aromatic heterocycles. The fraction of sp³-hybridized carbons (Fsp3) is 0.333. The van der Waals surface area contributed by atoms with Crippen LogP contribution in [0.5, 0.6) is 0 Å². The van der Waals surface area contributed by atoms with Crippen molar-refractivity contribution in [3.63, 3.8) is 0 Å². The van der Waals surface area contributed by atoms with E-state index in [9.17, 15) is 4.39 Å². The van der Waals surface area contributed by atoms with Gasteiger partial charge in [-0.05, 0) is 24.6 Å². The average molecular weight is 188 g/mol. The predicted molar refractivity (Wildman–Crippen MR) is 50.7 cm³/mol. The molecule has 66 valence electrons. The maximum atomic E-state index is 11.8. The molecule has 0 bridgehead atoms. The van der Waals surface area contributed by atoms with Gasteiger partial charge >= 0.3 is 0 Å². The van der Waals surface area contributed by atoms with Crippen LogP contribution < -0.4 is 5.32 Å². The molecule has 12 heavy (non-hydrogen) atoms. The minimum absolute atomic E-state index is 0.308. The van der Waals surface area contributed by atoms with Crippen molar-refractivity contribution in [2.75, 3.05) is 18.5 Å². The smallest absolute Gasteiger partial charge is 0.107 e. The van der Waals surface area contributed by atoms with Gasteiger partial charge in [-0.3, -0.25) is 0 Å². The molecule has 0 heterocycles. The Kier molecular flexibility index (Phi) is 3.35. The van der Waals surface area contributed by atoms with Gasteiger partial charge in [0, 0.05) is 6.54 Å². The van der Waals surface area contributed by atoms with E-state index in [1.165, 1.54) is 0 Å². The molecule has 0 aliphatic heterocycles. The minimum atomic E-state index is -0.385. The van der Waals surface area contributed by atoms with Crippen LogP contribution in [-0.4, -0.2) is 13.2 Å². The first-order chi connectivity index (χ1) is 5.74. The largest absolute Gasteiger partial charge is 0.381 e. The first-order valence-corrected chi connectivity index (χ1v) is 4.18. The quantitative estimate of drug-likeness (QED) is 0.767. The SMILES string of the molecule is Cc1ccc(NCCF)c(Cl)c1. The molecule has 0 amide bonds. The molecule has 0 unspecified atom stereocenters. The van der Waals surface area contributed by atoms with Gasteiger partial charge in [0.25, 0.3) is 0 Å². The first kappa shape index (κ1) is 9.33. The molecule has 0 spiro atoms. The highest BCUT2D eigenvalue weighted by atomic mass is 35.5. The van der Waals surface area contributed by atoms with Gasteiger partial charge in [0.1, 0.15) is 6.67 Å². The highest BCUT2D eigenvalue weighted by Gasteiger charge is 1.97. The van der Waals surface area contributed by atoms with E-state index in [1.807, 2.05) is 25.1 Å². The molecule has 0 saturated heterocycles. The van der Waals surface area contributed by atoms with Crippen LogP contribution in [-0.2, 0) is 0 Å². The van der Waals surface area contributed by atoms with Crippen molar-refractivity contribution in [2.24, 2.45) is 0 Å². The number of benzene rings is 1. The number of halogens is 2. The van der Waals surface area contributed by atoms with Crippen LogP contribution in [0, 0.1) is 6.92 Å². The van der Waals surface area contributed by atoms with Gasteiger partial charge in [0.05, 0.1) is 10.7 Å². The molecule has 0 fully saturated rings. The Bertz CT molecular complexity index is 263. The number of aryl methyl sites for hydroxylation is 1. The Morgan fingerprint density at radius 3 is 2.83 bits per heavy atom. The van der Waals surface area contributed by atoms with Crippen LogP contribution in [0.2, 0.25) is 5.02 Å². The van der Waals surface area contributed by atoms with Crippen LogP contribution in [0.15, 0.2) is 18.2 Å². The van der Waals surface area contributed by atoms with Crippen molar-refractivity contribution in [3.05, 3.63) is 28.8 Å². The fourth-order valence-electron chi connectivity index (χ4n) is 0.945. The van der Waals surface area contributed by atoms with Gasteiger partial charge in [-0.25, -0.2) is 4.39 Å². The lowest BCUT2D eigenvalue weighted by molar-refractivity contribution is 0.513. The summed E-state index contributed by atoms with van der Waals surface area (Å²) in [6.07, 6.45) is 0. The Labute approximate surface area is 76.5 Å². The van der Waals surface area contributed by atoms with Crippen molar-refractivity contribution in [3.8, 4) is 0 Å². The molecule has 0 aliphatic rings. The zero-order valence-electron chi connectivity index (χ0n) is 6.90. The molecule has 0 atom stereocenters.